The summed E-state index contributed by atoms with van der Waals surface area (Å²) in [6.07, 6.45) is 0. The zero-order chi connectivity index (χ0) is 25.7. The van der Waals surface area contributed by atoms with Gasteiger partial charge in [0.05, 0.1) is 30.4 Å². The van der Waals surface area contributed by atoms with Crippen molar-refractivity contribution in [1.29, 1.82) is 0 Å². The number of nitrogens with zero attached hydrogens (tertiary/aromatic N) is 3. The highest BCUT2D eigenvalue weighted by molar-refractivity contribution is 6.14. The molecule has 3 aromatic carbocycles. The number of fused-ring (bicyclic) bond motifs is 4. The van der Waals surface area contributed by atoms with Gasteiger partial charge in [0.2, 0.25) is 0 Å². The minimum absolute atomic E-state index is 0.607. The molecule has 8 nitrogen and oxygen atoms in total. The molecule has 2 N–H and O–H groups in total. The summed E-state index contributed by atoms with van der Waals surface area (Å²) in [5.41, 5.74) is 5.26. The van der Waals surface area contributed by atoms with Crippen molar-refractivity contribution in [1.82, 2.24) is 20.1 Å². The summed E-state index contributed by atoms with van der Waals surface area (Å²) in [5, 5.41) is 11.7. The number of H-pyrrole nitrogens is 1. The van der Waals surface area contributed by atoms with E-state index in [0.717, 1.165) is 78.3 Å². The molecule has 8 heteroatoms. The van der Waals surface area contributed by atoms with Gasteiger partial charge in [-0.25, -0.2) is 9.97 Å². The number of nitrogens with one attached hydrogen (secondary N) is 2. The molecule has 3 aromatic heterocycles. The van der Waals surface area contributed by atoms with Crippen LogP contribution in [0.15, 0.2) is 53.1 Å². The Kier molecular flexibility index (Phi) is 5.44. The topological polar surface area (TPSA) is 98.1 Å². The molecular formula is C29H27N5O3. The van der Waals surface area contributed by atoms with Gasteiger partial charge in [-0.1, -0.05) is 29.4 Å². The molecule has 0 unspecified atom stereocenters. The van der Waals surface area contributed by atoms with Crippen molar-refractivity contribution >= 4 is 44.2 Å². The monoisotopic (exact) mass is 493 g/mol. The van der Waals surface area contributed by atoms with Crippen molar-refractivity contribution in [2.24, 2.45) is 0 Å². The maximum absolute atomic E-state index is 5.86. The lowest BCUT2D eigenvalue weighted by molar-refractivity contribution is 0.344. The number of rotatable bonds is 6. The van der Waals surface area contributed by atoms with Crippen LogP contribution in [0.3, 0.4) is 0 Å². The SMILES string of the molecule is CCOc1ccc(Nc2nc(C)nc3[nH]c4cc(-c5c(C)noc5C)c(OC)cc4c23)c2ccccc12. The van der Waals surface area contributed by atoms with Crippen molar-refractivity contribution < 1.29 is 14.0 Å². The van der Waals surface area contributed by atoms with Gasteiger partial charge in [-0.3, -0.25) is 0 Å². The van der Waals surface area contributed by atoms with Crippen molar-refractivity contribution in [3.8, 4) is 22.6 Å². The molecule has 0 saturated carbocycles. The van der Waals surface area contributed by atoms with E-state index >= 15 is 0 Å². The number of aromatic nitrogens is 4. The van der Waals surface area contributed by atoms with Gasteiger partial charge in [-0.15, -0.1) is 0 Å². The van der Waals surface area contributed by atoms with E-state index in [2.05, 4.69) is 33.7 Å². The molecule has 0 aliphatic carbocycles. The van der Waals surface area contributed by atoms with E-state index in [0.29, 0.717) is 12.4 Å². The molecule has 6 aromatic rings. The van der Waals surface area contributed by atoms with E-state index in [9.17, 15) is 0 Å². The summed E-state index contributed by atoms with van der Waals surface area (Å²) < 4.78 is 17.1. The van der Waals surface area contributed by atoms with E-state index in [1.807, 2.05) is 58.0 Å². The maximum atomic E-state index is 5.86. The third-order valence-corrected chi connectivity index (χ3v) is 6.62. The van der Waals surface area contributed by atoms with Crippen molar-refractivity contribution in [2.45, 2.75) is 27.7 Å². The van der Waals surface area contributed by atoms with Crippen LogP contribution >= 0.6 is 0 Å². The van der Waals surface area contributed by atoms with Gasteiger partial charge in [0.25, 0.3) is 0 Å². The zero-order valence-electron chi connectivity index (χ0n) is 21.4. The van der Waals surface area contributed by atoms with Crippen LogP contribution in [0, 0.1) is 20.8 Å². The lowest BCUT2D eigenvalue weighted by Crippen LogP contribution is -2.00. The Morgan fingerprint density at radius 3 is 2.49 bits per heavy atom. The fraction of sp³-hybridized carbons (Fsp3) is 0.207. The number of methoxy groups -OCH3 is 1. The first-order valence-corrected chi connectivity index (χ1v) is 12.2. The summed E-state index contributed by atoms with van der Waals surface area (Å²) in [7, 11) is 1.67. The largest absolute Gasteiger partial charge is 0.496 e. The number of ether oxygens (including phenoxy) is 2. The number of aryl methyl sites for hydroxylation is 3. The molecule has 37 heavy (non-hydrogen) atoms. The highest BCUT2D eigenvalue weighted by atomic mass is 16.5. The molecule has 0 spiro atoms. The Labute approximate surface area is 213 Å². The predicted octanol–water partition coefficient (Wildman–Crippen LogP) is 7.00. The van der Waals surface area contributed by atoms with Crippen LogP contribution in [0.1, 0.15) is 24.2 Å². The summed E-state index contributed by atoms with van der Waals surface area (Å²) in [4.78, 5) is 13.0. The van der Waals surface area contributed by atoms with Gasteiger partial charge >= 0.3 is 0 Å². The molecule has 0 atom stereocenters. The van der Waals surface area contributed by atoms with Crippen molar-refractivity contribution in [3.63, 3.8) is 0 Å². The second-order valence-corrected chi connectivity index (χ2v) is 8.98. The Bertz CT molecular complexity index is 1780. The average Bonchev–Trinajstić information content (AvgIpc) is 3.42. The van der Waals surface area contributed by atoms with E-state index in [1.54, 1.807) is 7.11 Å². The van der Waals surface area contributed by atoms with Gasteiger partial charge in [0.1, 0.15) is 34.5 Å². The van der Waals surface area contributed by atoms with Crippen LogP contribution in [-0.4, -0.2) is 33.8 Å². The summed E-state index contributed by atoms with van der Waals surface area (Å²) in [6.45, 7) is 8.32. The van der Waals surface area contributed by atoms with Crippen LogP contribution in [0.4, 0.5) is 11.5 Å². The van der Waals surface area contributed by atoms with Gasteiger partial charge in [-0.2, -0.15) is 0 Å². The third-order valence-electron chi connectivity index (χ3n) is 6.62. The van der Waals surface area contributed by atoms with E-state index in [1.165, 1.54) is 0 Å². The summed E-state index contributed by atoms with van der Waals surface area (Å²) >= 11 is 0. The quantitative estimate of drug-likeness (QED) is 0.258. The van der Waals surface area contributed by atoms with Crippen molar-refractivity contribution in [3.05, 3.63) is 65.8 Å². The molecule has 6 rings (SSSR count). The second kappa shape index (κ2) is 8.81. The molecule has 186 valence electrons. The Morgan fingerprint density at radius 1 is 0.946 bits per heavy atom. The zero-order valence-corrected chi connectivity index (χ0v) is 21.4. The molecular weight excluding hydrogens is 466 g/mol. The molecule has 3 heterocycles. The Hall–Kier alpha value is -4.59. The number of aromatic amines is 1. The Morgan fingerprint density at radius 2 is 1.76 bits per heavy atom. The van der Waals surface area contributed by atoms with Gasteiger partial charge < -0.3 is 24.3 Å². The summed E-state index contributed by atoms with van der Waals surface area (Å²) in [5.74, 6) is 3.70. The molecule has 0 aliphatic rings. The third kappa shape index (κ3) is 3.72. The van der Waals surface area contributed by atoms with Gasteiger partial charge in [0, 0.05) is 32.9 Å². The van der Waals surface area contributed by atoms with Crippen LogP contribution < -0.4 is 14.8 Å². The number of benzene rings is 3. The fourth-order valence-electron chi connectivity index (χ4n) is 5.05. The van der Waals surface area contributed by atoms with E-state index < -0.39 is 0 Å². The molecule has 0 fully saturated rings. The van der Waals surface area contributed by atoms with Gasteiger partial charge in [-0.05, 0) is 52.0 Å². The number of hydrogen-bond donors (Lipinski definition) is 2. The minimum Gasteiger partial charge on any atom is -0.496 e. The molecule has 0 radical (unpaired) electrons. The first-order valence-electron chi connectivity index (χ1n) is 12.2. The predicted molar refractivity (Wildman–Crippen MR) is 146 cm³/mol. The average molecular weight is 494 g/mol. The normalized spacial score (nSPS) is 11.5. The van der Waals surface area contributed by atoms with E-state index in [4.69, 9.17) is 24.0 Å². The molecule has 0 aliphatic heterocycles. The van der Waals surface area contributed by atoms with Gasteiger partial charge in [0.15, 0.2) is 0 Å². The number of hydrogen-bond acceptors (Lipinski definition) is 7. The molecule has 0 amide bonds. The highest BCUT2D eigenvalue weighted by Crippen LogP contribution is 2.41. The minimum atomic E-state index is 0.607. The first-order chi connectivity index (χ1) is 18.0. The second-order valence-electron chi connectivity index (χ2n) is 8.98. The van der Waals surface area contributed by atoms with E-state index in [-0.39, 0.29) is 0 Å². The Balaban J connectivity index is 1.56. The van der Waals surface area contributed by atoms with Crippen LogP contribution in [0.5, 0.6) is 11.5 Å². The maximum Gasteiger partial charge on any atom is 0.144 e. The lowest BCUT2D eigenvalue weighted by atomic mass is 10.0. The number of anilines is 2. The van der Waals surface area contributed by atoms with Crippen LogP contribution in [0.25, 0.3) is 43.8 Å². The van der Waals surface area contributed by atoms with Crippen LogP contribution in [-0.2, 0) is 0 Å². The summed E-state index contributed by atoms with van der Waals surface area (Å²) in [6, 6.07) is 16.3. The smallest absolute Gasteiger partial charge is 0.144 e. The van der Waals surface area contributed by atoms with Crippen LogP contribution in [0.2, 0.25) is 0 Å². The highest BCUT2D eigenvalue weighted by Gasteiger charge is 2.21. The fourth-order valence-corrected chi connectivity index (χ4v) is 5.05. The molecule has 0 bridgehead atoms. The van der Waals surface area contributed by atoms with Crippen molar-refractivity contribution in [2.75, 3.05) is 19.0 Å². The molecule has 0 saturated heterocycles. The lowest BCUT2D eigenvalue weighted by Gasteiger charge is -2.14. The first kappa shape index (κ1) is 22.8. The standard InChI is InChI=1S/C29H27N5O3/c1-6-36-24-12-11-22(18-9-7-8-10-19(18)24)32-28-27-20-14-25(35-5)21(26-15(2)34-37-16(26)3)13-23(20)33-29(27)31-17(4)30-28/h7-14H,6H2,1-5H3,(H2,30,31,32,33).